The summed E-state index contributed by atoms with van der Waals surface area (Å²) in [5.41, 5.74) is 2.89. The molecule has 0 spiro atoms. The van der Waals surface area contributed by atoms with Crippen LogP contribution in [0.4, 0.5) is 5.69 Å². The fraction of sp³-hybridized carbons (Fsp3) is 0.188. The highest BCUT2D eigenvalue weighted by molar-refractivity contribution is 6.43. The second-order valence-corrected chi connectivity index (χ2v) is 5.46. The first kappa shape index (κ1) is 15.8. The van der Waals surface area contributed by atoms with Crippen LogP contribution >= 0.6 is 23.2 Å². The van der Waals surface area contributed by atoms with Crippen LogP contribution < -0.4 is 10.6 Å². The van der Waals surface area contributed by atoms with Gasteiger partial charge in [0.2, 0.25) is 5.91 Å². The molecule has 0 bridgehead atoms. The van der Waals surface area contributed by atoms with Crippen LogP contribution in [0, 0.1) is 6.92 Å². The average Bonchev–Trinajstić information content (AvgIpc) is 2.46. The lowest BCUT2D eigenvalue weighted by molar-refractivity contribution is -0.115. The number of aryl methyl sites for hydroxylation is 1. The van der Waals surface area contributed by atoms with Crippen molar-refractivity contribution in [2.24, 2.45) is 0 Å². The first-order chi connectivity index (χ1) is 10.1. The number of hydrogen-bond donors (Lipinski definition) is 2. The van der Waals surface area contributed by atoms with Crippen molar-refractivity contribution in [1.82, 2.24) is 5.32 Å². The fourth-order valence-corrected chi connectivity index (χ4v) is 2.26. The predicted octanol–water partition coefficient (Wildman–Crippen LogP) is 4.03. The van der Waals surface area contributed by atoms with E-state index in [9.17, 15) is 4.79 Å². The van der Waals surface area contributed by atoms with Crippen LogP contribution in [0.1, 0.15) is 11.1 Å². The van der Waals surface area contributed by atoms with Gasteiger partial charge >= 0.3 is 0 Å². The molecular formula is C16H16Cl2N2O. The molecule has 0 heterocycles. The van der Waals surface area contributed by atoms with Crippen LogP contribution in [0.25, 0.3) is 0 Å². The number of anilines is 1. The molecule has 5 heteroatoms. The molecule has 0 saturated carbocycles. The summed E-state index contributed by atoms with van der Waals surface area (Å²) in [7, 11) is 0. The van der Waals surface area contributed by atoms with E-state index < -0.39 is 0 Å². The maximum absolute atomic E-state index is 11.9. The van der Waals surface area contributed by atoms with Crippen LogP contribution in [0.3, 0.4) is 0 Å². The first-order valence-electron chi connectivity index (χ1n) is 6.57. The van der Waals surface area contributed by atoms with Crippen LogP contribution in [-0.4, -0.2) is 12.5 Å². The van der Waals surface area contributed by atoms with Gasteiger partial charge in [0, 0.05) is 6.54 Å². The molecule has 0 atom stereocenters. The van der Waals surface area contributed by atoms with Gasteiger partial charge in [0.1, 0.15) is 0 Å². The zero-order valence-corrected chi connectivity index (χ0v) is 13.1. The van der Waals surface area contributed by atoms with Gasteiger partial charge in [-0.25, -0.2) is 0 Å². The predicted molar refractivity (Wildman–Crippen MR) is 88.0 cm³/mol. The van der Waals surface area contributed by atoms with Crippen molar-refractivity contribution in [2.75, 3.05) is 11.9 Å². The summed E-state index contributed by atoms with van der Waals surface area (Å²) < 4.78 is 0. The second-order valence-electron chi connectivity index (χ2n) is 4.68. The van der Waals surface area contributed by atoms with Crippen molar-refractivity contribution in [3.8, 4) is 0 Å². The Kier molecular flexibility index (Phi) is 5.62. The monoisotopic (exact) mass is 322 g/mol. The highest BCUT2D eigenvalue weighted by Crippen LogP contribution is 2.29. The molecule has 2 aromatic rings. The minimum Gasteiger partial charge on any atom is -0.324 e. The Hall–Kier alpha value is -1.55. The third-order valence-electron chi connectivity index (χ3n) is 3.09. The van der Waals surface area contributed by atoms with Crippen LogP contribution in [0.2, 0.25) is 10.0 Å². The van der Waals surface area contributed by atoms with Crippen molar-refractivity contribution >= 4 is 34.8 Å². The summed E-state index contributed by atoms with van der Waals surface area (Å²) in [4.78, 5) is 11.9. The number of hydrogen-bond acceptors (Lipinski definition) is 2. The van der Waals surface area contributed by atoms with E-state index in [0.29, 0.717) is 22.3 Å². The van der Waals surface area contributed by atoms with E-state index in [1.807, 2.05) is 31.2 Å². The quantitative estimate of drug-likeness (QED) is 0.872. The zero-order chi connectivity index (χ0) is 15.2. The molecule has 0 unspecified atom stereocenters. The van der Waals surface area contributed by atoms with Crippen molar-refractivity contribution in [2.45, 2.75) is 13.5 Å². The maximum Gasteiger partial charge on any atom is 0.238 e. The molecule has 2 aromatic carbocycles. The molecule has 0 radical (unpaired) electrons. The van der Waals surface area contributed by atoms with Gasteiger partial charge in [-0.3, -0.25) is 4.79 Å². The largest absolute Gasteiger partial charge is 0.324 e. The Labute approximate surface area is 134 Å². The standard InChI is InChI=1S/C16H16Cl2N2O/c1-11-5-2-3-6-12(11)9-19-10-15(21)20-14-8-4-7-13(17)16(14)18/h2-8,19H,9-10H2,1H3,(H,20,21). The number of carbonyl (C=O) groups is 1. The summed E-state index contributed by atoms with van der Waals surface area (Å²) in [6.45, 7) is 2.89. The fourth-order valence-electron chi connectivity index (χ4n) is 1.91. The maximum atomic E-state index is 11.9. The van der Waals surface area contributed by atoms with Gasteiger partial charge in [-0.05, 0) is 30.2 Å². The van der Waals surface area contributed by atoms with Gasteiger partial charge in [-0.1, -0.05) is 53.5 Å². The molecule has 0 saturated heterocycles. The van der Waals surface area contributed by atoms with E-state index in [4.69, 9.17) is 23.2 Å². The van der Waals surface area contributed by atoms with Crippen LogP contribution in [0.15, 0.2) is 42.5 Å². The average molecular weight is 323 g/mol. The number of rotatable bonds is 5. The Morgan fingerprint density at radius 1 is 1.10 bits per heavy atom. The lowest BCUT2D eigenvalue weighted by atomic mass is 10.1. The lowest BCUT2D eigenvalue weighted by Gasteiger charge is -2.10. The van der Waals surface area contributed by atoms with Crippen molar-refractivity contribution in [3.05, 3.63) is 63.6 Å². The molecule has 2 N–H and O–H groups in total. The number of nitrogens with one attached hydrogen (secondary N) is 2. The smallest absolute Gasteiger partial charge is 0.238 e. The molecule has 0 aliphatic carbocycles. The highest BCUT2D eigenvalue weighted by atomic mass is 35.5. The first-order valence-corrected chi connectivity index (χ1v) is 7.32. The van der Waals surface area contributed by atoms with Gasteiger partial charge in [-0.2, -0.15) is 0 Å². The molecular weight excluding hydrogens is 307 g/mol. The SMILES string of the molecule is Cc1ccccc1CNCC(=O)Nc1cccc(Cl)c1Cl. The van der Waals surface area contributed by atoms with Crippen molar-refractivity contribution in [1.29, 1.82) is 0 Å². The molecule has 0 fully saturated rings. The number of carbonyl (C=O) groups excluding carboxylic acids is 1. The molecule has 0 aromatic heterocycles. The second kappa shape index (κ2) is 7.46. The van der Waals surface area contributed by atoms with Crippen molar-refractivity contribution < 1.29 is 4.79 Å². The molecule has 2 rings (SSSR count). The normalized spacial score (nSPS) is 10.4. The Morgan fingerprint density at radius 2 is 1.86 bits per heavy atom. The molecule has 21 heavy (non-hydrogen) atoms. The minimum absolute atomic E-state index is 0.159. The number of amides is 1. The molecule has 1 amide bonds. The topological polar surface area (TPSA) is 41.1 Å². The molecule has 110 valence electrons. The van der Waals surface area contributed by atoms with E-state index in [2.05, 4.69) is 10.6 Å². The highest BCUT2D eigenvalue weighted by Gasteiger charge is 2.08. The summed E-state index contributed by atoms with van der Waals surface area (Å²) in [5, 5.41) is 6.61. The van der Waals surface area contributed by atoms with Gasteiger partial charge in [0.25, 0.3) is 0 Å². The summed E-state index contributed by atoms with van der Waals surface area (Å²) in [6, 6.07) is 13.2. The third-order valence-corrected chi connectivity index (χ3v) is 3.91. The molecule has 0 aliphatic heterocycles. The van der Waals surface area contributed by atoms with Crippen molar-refractivity contribution in [3.63, 3.8) is 0 Å². The number of halogens is 2. The van der Waals surface area contributed by atoms with E-state index in [-0.39, 0.29) is 12.5 Å². The minimum atomic E-state index is -0.159. The van der Waals surface area contributed by atoms with Crippen LogP contribution in [0.5, 0.6) is 0 Å². The Bertz CT molecular complexity index is 644. The van der Waals surface area contributed by atoms with Gasteiger partial charge in [0.15, 0.2) is 0 Å². The van der Waals surface area contributed by atoms with E-state index in [0.717, 1.165) is 0 Å². The van der Waals surface area contributed by atoms with Gasteiger partial charge in [0.05, 0.1) is 22.3 Å². The summed E-state index contributed by atoms with van der Waals surface area (Å²) in [6.07, 6.45) is 0. The Balaban J connectivity index is 1.85. The van der Waals surface area contributed by atoms with Gasteiger partial charge < -0.3 is 10.6 Å². The van der Waals surface area contributed by atoms with Crippen LogP contribution in [-0.2, 0) is 11.3 Å². The zero-order valence-electron chi connectivity index (χ0n) is 11.6. The van der Waals surface area contributed by atoms with E-state index in [1.165, 1.54) is 11.1 Å². The number of benzene rings is 2. The Morgan fingerprint density at radius 3 is 2.62 bits per heavy atom. The summed E-state index contributed by atoms with van der Waals surface area (Å²) >= 11 is 11.9. The lowest BCUT2D eigenvalue weighted by Crippen LogP contribution is -2.28. The molecule has 3 nitrogen and oxygen atoms in total. The van der Waals surface area contributed by atoms with Gasteiger partial charge in [-0.15, -0.1) is 0 Å². The third kappa shape index (κ3) is 4.46. The summed E-state index contributed by atoms with van der Waals surface area (Å²) in [5.74, 6) is -0.159. The van der Waals surface area contributed by atoms with E-state index >= 15 is 0 Å². The van der Waals surface area contributed by atoms with E-state index in [1.54, 1.807) is 18.2 Å². The molecule has 0 aliphatic rings.